The van der Waals surface area contributed by atoms with Crippen molar-refractivity contribution in [2.24, 2.45) is 5.92 Å². The molecule has 0 saturated carbocycles. The van der Waals surface area contributed by atoms with Gasteiger partial charge in [0.25, 0.3) is 0 Å². The lowest BCUT2D eigenvalue weighted by Crippen LogP contribution is -2.20. The van der Waals surface area contributed by atoms with Crippen LogP contribution in [-0.2, 0) is 0 Å². The maximum absolute atomic E-state index is 2.32. The topological polar surface area (TPSA) is 0 Å². The first-order valence-electron chi connectivity index (χ1n) is 4.60. The fourth-order valence-electron chi connectivity index (χ4n) is 1.06. The highest BCUT2D eigenvalue weighted by Gasteiger charge is 2.08. The summed E-state index contributed by atoms with van der Waals surface area (Å²) in [5, 5.41) is 0. The largest absolute Gasteiger partial charge is 0.154 e. The average molecular weight is 159 g/mol. The molecule has 0 saturated heterocycles. The molecule has 1 aromatic carbocycles. The second-order valence-corrected chi connectivity index (χ2v) is 3.68. The molecule has 0 heterocycles. The molecule has 0 nitrogen and oxygen atoms in total. The van der Waals surface area contributed by atoms with Gasteiger partial charge in [-0.05, 0) is 0 Å². The Balaban J connectivity index is 2.53. The maximum atomic E-state index is 2.32. The van der Waals surface area contributed by atoms with Crippen LogP contribution in [0, 0.1) is 5.92 Å². The second kappa shape index (κ2) is 4.35. The number of hydrogen-bond acceptors (Lipinski definition) is 0. The fourth-order valence-corrected chi connectivity index (χ4v) is 1.06. The van der Waals surface area contributed by atoms with Crippen LogP contribution in [0.4, 0.5) is 0 Å². The minimum Gasteiger partial charge on any atom is -0.0875 e. The molecule has 0 fully saturated rings. The van der Waals surface area contributed by atoms with Crippen LogP contribution in [0.1, 0.15) is 20.8 Å². The first kappa shape index (κ1) is 9.37. The SMILES string of the molecule is CC(C)C(C)[B]c1ccccc1. The summed E-state index contributed by atoms with van der Waals surface area (Å²) in [6.45, 7) is 6.77. The molecule has 0 aliphatic carbocycles. The van der Waals surface area contributed by atoms with Crippen LogP contribution in [-0.4, -0.2) is 7.28 Å². The van der Waals surface area contributed by atoms with Crippen molar-refractivity contribution in [1.29, 1.82) is 0 Å². The number of hydrogen-bond donors (Lipinski definition) is 0. The Morgan fingerprint density at radius 2 is 1.58 bits per heavy atom. The molecule has 0 bridgehead atoms. The third kappa shape index (κ3) is 2.73. The Hall–Kier alpha value is -0.715. The molecule has 0 aromatic heterocycles. The van der Waals surface area contributed by atoms with Crippen LogP contribution in [0.15, 0.2) is 30.3 Å². The predicted molar refractivity (Wildman–Crippen MR) is 56.1 cm³/mol. The molecule has 63 valence electrons. The zero-order valence-electron chi connectivity index (χ0n) is 8.12. The summed E-state index contributed by atoms with van der Waals surface area (Å²) in [4.78, 5) is 0. The van der Waals surface area contributed by atoms with Crippen molar-refractivity contribution >= 4 is 12.7 Å². The fraction of sp³-hybridized carbons (Fsp3) is 0.455. The van der Waals surface area contributed by atoms with E-state index < -0.39 is 0 Å². The van der Waals surface area contributed by atoms with Gasteiger partial charge < -0.3 is 0 Å². The summed E-state index contributed by atoms with van der Waals surface area (Å²) in [5.41, 5.74) is 1.33. The van der Waals surface area contributed by atoms with Gasteiger partial charge in [0.1, 0.15) is 0 Å². The van der Waals surface area contributed by atoms with E-state index in [4.69, 9.17) is 0 Å². The molecule has 0 aliphatic rings. The van der Waals surface area contributed by atoms with E-state index >= 15 is 0 Å². The highest BCUT2D eigenvalue weighted by Crippen LogP contribution is 2.13. The molecule has 0 N–H and O–H groups in total. The third-order valence-electron chi connectivity index (χ3n) is 2.31. The van der Waals surface area contributed by atoms with E-state index in [0.717, 1.165) is 5.92 Å². The standard InChI is InChI=1S/C11H16B/c1-9(2)10(3)12-11-7-5-4-6-8-11/h4-10H,1-3H3. The van der Waals surface area contributed by atoms with Crippen molar-refractivity contribution in [3.8, 4) is 0 Å². The van der Waals surface area contributed by atoms with Gasteiger partial charge in [0.15, 0.2) is 7.28 Å². The van der Waals surface area contributed by atoms with Crippen LogP contribution in [0.25, 0.3) is 0 Å². The van der Waals surface area contributed by atoms with E-state index in [0.29, 0.717) is 5.82 Å². The van der Waals surface area contributed by atoms with E-state index in [9.17, 15) is 0 Å². The first-order chi connectivity index (χ1) is 5.70. The molecular weight excluding hydrogens is 143 g/mol. The molecule has 0 spiro atoms. The zero-order chi connectivity index (χ0) is 8.97. The average Bonchev–Trinajstić information content (AvgIpc) is 2.06. The summed E-state index contributed by atoms with van der Waals surface area (Å²) in [6, 6.07) is 10.5. The molecular formula is C11H16B. The maximum Gasteiger partial charge on any atom is 0.154 e. The lowest BCUT2D eigenvalue weighted by molar-refractivity contribution is 0.621. The van der Waals surface area contributed by atoms with Gasteiger partial charge in [-0.2, -0.15) is 0 Å². The summed E-state index contributed by atoms with van der Waals surface area (Å²) < 4.78 is 0. The van der Waals surface area contributed by atoms with Gasteiger partial charge in [-0.25, -0.2) is 0 Å². The third-order valence-corrected chi connectivity index (χ3v) is 2.31. The highest BCUT2D eigenvalue weighted by atomic mass is 14.0. The van der Waals surface area contributed by atoms with E-state index in [-0.39, 0.29) is 0 Å². The zero-order valence-corrected chi connectivity index (χ0v) is 8.12. The van der Waals surface area contributed by atoms with Gasteiger partial charge in [0.05, 0.1) is 0 Å². The van der Waals surface area contributed by atoms with Gasteiger partial charge in [-0.3, -0.25) is 0 Å². The molecule has 1 aromatic rings. The van der Waals surface area contributed by atoms with Crippen LogP contribution >= 0.6 is 0 Å². The molecule has 1 unspecified atom stereocenters. The molecule has 1 rings (SSSR count). The predicted octanol–water partition coefficient (Wildman–Crippen LogP) is 2.48. The van der Waals surface area contributed by atoms with Crippen molar-refractivity contribution < 1.29 is 0 Å². The van der Waals surface area contributed by atoms with Gasteiger partial charge in [0.2, 0.25) is 0 Å². The molecule has 0 amide bonds. The number of rotatable bonds is 3. The quantitative estimate of drug-likeness (QED) is 0.594. The highest BCUT2D eigenvalue weighted by molar-refractivity contribution is 6.54. The molecule has 12 heavy (non-hydrogen) atoms. The van der Waals surface area contributed by atoms with Crippen LogP contribution in [0.5, 0.6) is 0 Å². The van der Waals surface area contributed by atoms with Crippen molar-refractivity contribution in [2.45, 2.75) is 26.6 Å². The van der Waals surface area contributed by atoms with Crippen molar-refractivity contribution in [3.05, 3.63) is 30.3 Å². The minimum atomic E-state index is 0.660. The van der Waals surface area contributed by atoms with Crippen LogP contribution in [0.2, 0.25) is 5.82 Å². The van der Waals surface area contributed by atoms with Gasteiger partial charge in [-0.1, -0.05) is 68.3 Å². The Bertz CT molecular complexity index is 216. The minimum absolute atomic E-state index is 0.660. The molecule has 1 radical (unpaired) electrons. The smallest absolute Gasteiger partial charge is 0.0875 e. The van der Waals surface area contributed by atoms with E-state index in [2.05, 4.69) is 58.4 Å². The van der Waals surface area contributed by atoms with Gasteiger partial charge in [0, 0.05) is 0 Å². The summed E-state index contributed by atoms with van der Waals surface area (Å²) in [6.07, 6.45) is 0. The Kier molecular flexibility index (Phi) is 3.39. The van der Waals surface area contributed by atoms with Crippen LogP contribution < -0.4 is 5.46 Å². The van der Waals surface area contributed by atoms with Crippen molar-refractivity contribution in [1.82, 2.24) is 0 Å². The van der Waals surface area contributed by atoms with E-state index in [1.807, 2.05) is 0 Å². The lowest BCUT2D eigenvalue weighted by atomic mass is 9.56. The first-order valence-corrected chi connectivity index (χ1v) is 4.60. The Labute approximate surface area is 76.2 Å². The Morgan fingerprint density at radius 1 is 1.00 bits per heavy atom. The van der Waals surface area contributed by atoms with E-state index in [1.54, 1.807) is 0 Å². The lowest BCUT2D eigenvalue weighted by Gasteiger charge is -2.13. The van der Waals surface area contributed by atoms with E-state index in [1.165, 1.54) is 5.46 Å². The Morgan fingerprint density at radius 3 is 2.08 bits per heavy atom. The monoisotopic (exact) mass is 159 g/mol. The summed E-state index contributed by atoms with van der Waals surface area (Å²) in [5.74, 6) is 1.39. The normalized spacial score (nSPS) is 13.0. The summed E-state index contributed by atoms with van der Waals surface area (Å²) >= 11 is 0. The second-order valence-electron chi connectivity index (χ2n) is 3.68. The molecule has 1 heteroatoms. The molecule has 1 atom stereocenters. The van der Waals surface area contributed by atoms with Crippen molar-refractivity contribution in [3.63, 3.8) is 0 Å². The molecule has 0 aliphatic heterocycles. The van der Waals surface area contributed by atoms with Crippen LogP contribution in [0.3, 0.4) is 0 Å². The van der Waals surface area contributed by atoms with Gasteiger partial charge >= 0.3 is 0 Å². The van der Waals surface area contributed by atoms with Gasteiger partial charge in [-0.15, -0.1) is 0 Å². The summed E-state index contributed by atoms with van der Waals surface area (Å²) in [7, 11) is 2.32. The van der Waals surface area contributed by atoms with Crippen molar-refractivity contribution in [2.75, 3.05) is 0 Å². The number of benzene rings is 1.